The van der Waals surface area contributed by atoms with E-state index in [0.29, 0.717) is 44.2 Å². The number of hydrogen-bond donors (Lipinski definition) is 2. The van der Waals surface area contributed by atoms with Crippen LogP contribution in [0.4, 0.5) is 17.3 Å². The molecule has 11 heteroatoms. The molecule has 7 rings (SSSR count). The number of benzene rings is 1. The number of aliphatic hydroxyl groups is 1. The summed E-state index contributed by atoms with van der Waals surface area (Å²) in [4.78, 5) is 31.3. The largest absolute Gasteiger partial charge is 0.486 e. The molecular formula is C35H40N6O5. The van der Waals surface area contributed by atoms with Crippen LogP contribution in [0.15, 0.2) is 65.7 Å². The fraction of sp³-hybridized carbons (Fsp3) is 0.429. The molecule has 46 heavy (non-hydrogen) atoms. The third kappa shape index (κ3) is 6.91. The molecule has 3 atom stereocenters. The minimum absolute atomic E-state index is 0.00501. The Morgan fingerprint density at radius 1 is 1.15 bits per heavy atom. The van der Waals surface area contributed by atoms with Gasteiger partial charge < -0.3 is 29.2 Å². The monoisotopic (exact) mass is 624 g/mol. The van der Waals surface area contributed by atoms with E-state index in [1.165, 1.54) is 17.5 Å². The van der Waals surface area contributed by atoms with E-state index in [4.69, 9.17) is 18.9 Å². The second-order valence-corrected chi connectivity index (χ2v) is 12.5. The molecule has 2 bridgehead atoms. The predicted molar refractivity (Wildman–Crippen MR) is 172 cm³/mol. The number of aryl methyl sites for hydroxylation is 1. The second kappa shape index (κ2) is 13.6. The van der Waals surface area contributed by atoms with Gasteiger partial charge in [-0.15, -0.1) is 0 Å². The summed E-state index contributed by atoms with van der Waals surface area (Å²) in [5.41, 5.74) is 4.72. The molecule has 2 fully saturated rings. The maximum atomic E-state index is 13.5. The molecule has 0 radical (unpaired) electrons. The summed E-state index contributed by atoms with van der Waals surface area (Å²) >= 11 is 0. The number of morpholine rings is 1. The Labute approximate surface area is 268 Å². The Morgan fingerprint density at radius 3 is 2.80 bits per heavy atom. The topological polar surface area (TPSA) is 126 Å². The molecule has 0 saturated carbocycles. The van der Waals surface area contributed by atoms with E-state index in [2.05, 4.69) is 37.2 Å². The molecule has 240 valence electrons. The highest BCUT2D eigenvalue weighted by Gasteiger charge is 2.38. The van der Waals surface area contributed by atoms with E-state index in [-0.39, 0.29) is 24.3 Å². The van der Waals surface area contributed by atoms with Gasteiger partial charge in [0.15, 0.2) is 17.9 Å². The highest BCUT2D eigenvalue weighted by atomic mass is 16.5. The van der Waals surface area contributed by atoms with Crippen molar-refractivity contribution >= 4 is 23.1 Å². The maximum absolute atomic E-state index is 13.5. The van der Waals surface area contributed by atoms with Crippen molar-refractivity contribution in [3.8, 4) is 5.75 Å². The number of β-amino-alcohol motifs (C(OH)–C–C–N with tert-alkyl or cyclic N) is 1. The molecule has 6 heterocycles. The van der Waals surface area contributed by atoms with Crippen molar-refractivity contribution in [3.05, 3.63) is 89.4 Å². The van der Waals surface area contributed by atoms with Crippen LogP contribution in [-0.2, 0) is 24.3 Å². The molecule has 2 N–H and O–H groups in total. The zero-order valence-electron chi connectivity index (χ0n) is 26.1. The Hall–Kier alpha value is -4.32. The number of aromatic nitrogens is 3. The third-order valence-electron chi connectivity index (χ3n) is 9.23. The number of carbonyl (C=O) groups is 1. The van der Waals surface area contributed by atoms with E-state index in [0.717, 1.165) is 61.1 Å². The summed E-state index contributed by atoms with van der Waals surface area (Å²) < 4.78 is 17.1. The van der Waals surface area contributed by atoms with Crippen LogP contribution >= 0.6 is 0 Å². The molecule has 2 saturated heterocycles. The number of fused-ring (bicyclic) bond motifs is 3. The smallest absolute Gasteiger partial charge is 0.181 e. The summed E-state index contributed by atoms with van der Waals surface area (Å²) in [5, 5.41) is 14.3. The van der Waals surface area contributed by atoms with E-state index in [1.54, 1.807) is 18.5 Å². The number of rotatable bonds is 12. The number of aliphatic hydroxyl groups excluding tert-OH is 1. The van der Waals surface area contributed by atoms with Crippen molar-refractivity contribution in [2.45, 2.75) is 70.4 Å². The van der Waals surface area contributed by atoms with Gasteiger partial charge in [0.2, 0.25) is 0 Å². The number of Topliss-reactive ketones (excluding diaryl/α,β-unsaturated/α-hetero) is 1. The van der Waals surface area contributed by atoms with Crippen LogP contribution in [0.3, 0.4) is 0 Å². The fourth-order valence-electron chi connectivity index (χ4n) is 6.74. The first kappa shape index (κ1) is 30.3. The number of hydrogen-bond acceptors (Lipinski definition) is 11. The molecule has 3 aliphatic heterocycles. The maximum Gasteiger partial charge on any atom is 0.181 e. The standard InChI is InChI=1S/C35H40N6O5/c1-23-33(46-22-37-23)21-45-31-8-4-25-17-40(12-10-24(25)13-31)18-30(42)7-9-32(43)26-14-34(38-27-3-2-11-36-16-27)39-35(15-26)41-28-5-6-29(41)20-44-19-28/h2-4,8,11,13-16,22,28-30,42H,5-7,9-10,12,17-21H2,1H3,(H,38,39)/t28?,29?,30-/m0/s1. The highest BCUT2D eigenvalue weighted by molar-refractivity contribution is 5.97. The predicted octanol–water partition coefficient (Wildman–Crippen LogP) is 4.85. The second-order valence-electron chi connectivity index (χ2n) is 12.5. The van der Waals surface area contributed by atoms with Gasteiger partial charge >= 0.3 is 0 Å². The number of carbonyl (C=O) groups excluding carboxylic acids is 1. The molecule has 3 aromatic heterocycles. The molecular weight excluding hydrogens is 584 g/mol. The summed E-state index contributed by atoms with van der Waals surface area (Å²) in [6.45, 7) is 5.70. The first-order valence-electron chi connectivity index (χ1n) is 16.1. The van der Waals surface area contributed by atoms with Crippen molar-refractivity contribution in [1.82, 2.24) is 19.9 Å². The van der Waals surface area contributed by atoms with Crippen LogP contribution in [0, 0.1) is 6.92 Å². The van der Waals surface area contributed by atoms with Crippen molar-refractivity contribution in [2.24, 2.45) is 0 Å². The molecule has 11 nitrogen and oxygen atoms in total. The lowest BCUT2D eigenvalue weighted by Crippen LogP contribution is -2.46. The van der Waals surface area contributed by atoms with Crippen LogP contribution in [0.1, 0.15) is 58.6 Å². The van der Waals surface area contributed by atoms with Gasteiger partial charge in [-0.25, -0.2) is 9.97 Å². The molecule has 0 amide bonds. The Balaban J connectivity index is 0.963. The van der Waals surface area contributed by atoms with Gasteiger partial charge in [-0.2, -0.15) is 0 Å². The van der Waals surface area contributed by atoms with E-state index < -0.39 is 6.10 Å². The van der Waals surface area contributed by atoms with Gasteiger partial charge in [0.05, 0.1) is 49.0 Å². The average molecular weight is 625 g/mol. The van der Waals surface area contributed by atoms with E-state index in [1.807, 2.05) is 31.2 Å². The van der Waals surface area contributed by atoms with Crippen LogP contribution in [0.25, 0.3) is 0 Å². The number of oxazole rings is 1. The number of pyridine rings is 2. The van der Waals surface area contributed by atoms with Gasteiger partial charge in [-0.05, 0) is 80.1 Å². The lowest BCUT2D eigenvalue weighted by atomic mass is 9.98. The van der Waals surface area contributed by atoms with Crippen molar-refractivity contribution in [2.75, 3.05) is 36.5 Å². The third-order valence-corrected chi connectivity index (χ3v) is 9.23. The Kier molecular flexibility index (Phi) is 8.96. The first-order valence-corrected chi connectivity index (χ1v) is 16.1. The SMILES string of the molecule is Cc1ncoc1COc1ccc2c(c1)CCN(C[C@@H](O)CCC(=O)c1cc(Nc3cccnc3)nc(N3C4CCC3COC4)c1)C2. The van der Waals surface area contributed by atoms with Crippen LogP contribution in [0.2, 0.25) is 0 Å². The van der Waals surface area contributed by atoms with Gasteiger partial charge in [-0.3, -0.25) is 14.7 Å². The van der Waals surface area contributed by atoms with Crippen molar-refractivity contribution < 1.29 is 23.8 Å². The lowest BCUT2D eigenvalue weighted by Gasteiger charge is -2.36. The molecule has 0 aliphatic carbocycles. The summed E-state index contributed by atoms with van der Waals surface area (Å²) in [6.07, 6.45) is 7.91. The summed E-state index contributed by atoms with van der Waals surface area (Å²) in [6, 6.07) is 14.2. The van der Waals surface area contributed by atoms with Crippen molar-refractivity contribution in [3.63, 3.8) is 0 Å². The zero-order chi connectivity index (χ0) is 31.5. The van der Waals surface area contributed by atoms with Crippen LogP contribution in [-0.4, -0.2) is 75.2 Å². The lowest BCUT2D eigenvalue weighted by molar-refractivity contribution is 0.0836. The number of nitrogens with one attached hydrogen (secondary N) is 1. The molecule has 0 spiro atoms. The summed E-state index contributed by atoms with van der Waals surface area (Å²) in [7, 11) is 0. The Bertz CT molecular complexity index is 1650. The quantitative estimate of drug-likeness (QED) is 0.210. The van der Waals surface area contributed by atoms with Crippen LogP contribution < -0.4 is 15.0 Å². The molecule has 4 aromatic rings. The molecule has 1 aromatic carbocycles. The van der Waals surface area contributed by atoms with Gasteiger partial charge in [0, 0.05) is 37.8 Å². The minimum atomic E-state index is -0.609. The first-order chi connectivity index (χ1) is 22.5. The summed E-state index contributed by atoms with van der Waals surface area (Å²) in [5.74, 6) is 2.93. The van der Waals surface area contributed by atoms with E-state index >= 15 is 0 Å². The Morgan fingerprint density at radius 2 is 2.02 bits per heavy atom. The zero-order valence-corrected chi connectivity index (χ0v) is 26.1. The normalized spacial score (nSPS) is 19.9. The number of ketones is 1. The van der Waals surface area contributed by atoms with E-state index in [9.17, 15) is 9.90 Å². The van der Waals surface area contributed by atoms with Gasteiger partial charge in [-0.1, -0.05) is 6.07 Å². The number of nitrogens with zero attached hydrogens (tertiary/aromatic N) is 5. The minimum Gasteiger partial charge on any atom is -0.486 e. The fourth-order valence-corrected chi connectivity index (χ4v) is 6.74. The average Bonchev–Trinajstić information content (AvgIpc) is 3.60. The van der Waals surface area contributed by atoms with Crippen LogP contribution in [0.5, 0.6) is 5.75 Å². The molecule has 3 aliphatic rings. The number of ether oxygens (including phenoxy) is 2. The molecule has 2 unspecified atom stereocenters. The highest BCUT2D eigenvalue weighted by Crippen LogP contribution is 2.35. The number of anilines is 3. The van der Waals surface area contributed by atoms with Gasteiger partial charge in [0.25, 0.3) is 0 Å². The van der Waals surface area contributed by atoms with Crippen molar-refractivity contribution in [1.29, 1.82) is 0 Å². The van der Waals surface area contributed by atoms with Gasteiger partial charge in [0.1, 0.15) is 24.0 Å².